The highest BCUT2D eigenvalue weighted by Crippen LogP contribution is 2.38. The lowest BCUT2D eigenvalue weighted by Gasteiger charge is -2.23. The largest absolute Gasteiger partial charge is 0.501 e. The van der Waals surface area contributed by atoms with Gasteiger partial charge in [0.1, 0.15) is 23.5 Å². The number of aromatic nitrogens is 1. The maximum Gasteiger partial charge on any atom is 0.212 e. The summed E-state index contributed by atoms with van der Waals surface area (Å²) < 4.78 is 5.22. The Kier molecular flexibility index (Phi) is 3.71. The molecule has 1 aromatic heterocycles. The maximum atomic E-state index is 6.41. The van der Waals surface area contributed by atoms with Crippen LogP contribution in [0.2, 0.25) is 0 Å². The molecule has 1 aromatic carbocycles. The van der Waals surface area contributed by atoms with Crippen molar-refractivity contribution in [1.29, 1.82) is 0 Å². The van der Waals surface area contributed by atoms with Gasteiger partial charge in [0.15, 0.2) is 0 Å². The van der Waals surface area contributed by atoms with Gasteiger partial charge in [-0.15, -0.1) is 0 Å². The standard InChI is InChI=1S/C16H15B3N2O/c1-9-7-10-3-2-4-12(10)15(20)14(9)11-5-6-21-13(8-11)22-16(17,18)19/h5-8H,2-4,20H2,1H3. The third kappa shape index (κ3) is 2.87. The Hall–Kier alpha value is -1.84. The molecule has 0 spiro atoms. The molecule has 2 N–H and O–H groups in total. The average Bonchev–Trinajstić information content (AvgIpc) is 2.85. The Balaban J connectivity index is 2.07. The van der Waals surface area contributed by atoms with Gasteiger partial charge in [-0.05, 0) is 59.8 Å². The van der Waals surface area contributed by atoms with E-state index in [0.29, 0.717) is 0 Å². The van der Waals surface area contributed by atoms with Crippen LogP contribution in [-0.2, 0) is 12.8 Å². The van der Waals surface area contributed by atoms with Crippen LogP contribution in [0.4, 0.5) is 5.69 Å². The second-order valence-corrected chi connectivity index (χ2v) is 5.81. The second kappa shape index (κ2) is 5.42. The summed E-state index contributed by atoms with van der Waals surface area (Å²) in [7, 11) is 16.4. The number of nitrogens with zero attached hydrogens (tertiary/aromatic N) is 1. The van der Waals surface area contributed by atoms with E-state index in [2.05, 4.69) is 18.0 Å². The molecule has 1 heterocycles. The molecule has 1 aliphatic carbocycles. The molecule has 0 unspecified atom stereocenters. The van der Waals surface area contributed by atoms with E-state index in [1.807, 2.05) is 6.07 Å². The van der Waals surface area contributed by atoms with Crippen molar-refractivity contribution in [2.24, 2.45) is 0 Å². The van der Waals surface area contributed by atoms with Gasteiger partial charge in [-0.3, -0.25) is 0 Å². The van der Waals surface area contributed by atoms with Crippen molar-refractivity contribution >= 4 is 29.2 Å². The van der Waals surface area contributed by atoms with Crippen LogP contribution in [0, 0.1) is 6.92 Å². The molecule has 0 saturated carbocycles. The highest BCUT2D eigenvalue weighted by Gasteiger charge is 2.20. The zero-order valence-corrected chi connectivity index (χ0v) is 12.6. The number of hydrogen-bond acceptors (Lipinski definition) is 3. The molecule has 3 nitrogen and oxygen atoms in total. The number of anilines is 1. The fraction of sp³-hybridized carbons (Fsp3) is 0.312. The van der Waals surface area contributed by atoms with Crippen molar-refractivity contribution in [3.05, 3.63) is 41.1 Å². The number of fused-ring (bicyclic) bond motifs is 1. The van der Waals surface area contributed by atoms with Crippen LogP contribution in [-0.4, -0.2) is 33.8 Å². The molecule has 6 radical (unpaired) electrons. The smallest absolute Gasteiger partial charge is 0.212 e. The molecule has 2 aromatic rings. The summed E-state index contributed by atoms with van der Waals surface area (Å²) in [6.07, 6.45) is 4.91. The molecule has 0 fully saturated rings. The van der Waals surface area contributed by atoms with Crippen molar-refractivity contribution in [3.63, 3.8) is 0 Å². The van der Waals surface area contributed by atoms with Crippen LogP contribution in [0.3, 0.4) is 0 Å². The molecule has 0 amide bonds. The Morgan fingerprint density at radius 2 is 2.00 bits per heavy atom. The molecule has 0 bridgehead atoms. The van der Waals surface area contributed by atoms with Crippen molar-refractivity contribution in [2.45, 2.75) is 31.5 Å². The predicted octanol–water partition coefficient (Wildman–Crippen LogP) is 1.62. The molecule has 104 valence electrons. The Morgan fingerprint density at radius 1 is 1.23 bits per heavy atom. The first kappa shape index (κ1) is 15.1. The van der Waals surface area contributed by atoms with Crippen molar-refractivity contribution < 1.29 is 4.74 Å². The van der Waals surface area contributed by atoms with Gasteiger partial charge >= 0.3 is 0 Å². The number of benzene rings is 1. The van der Waals surface area contributed by atoms with E-state index in [1.54, 1.807) is 12.3 Å². The normalized spacial score (nSPS) is 13.9. The summed E-state index contributed by atoms with van der Waals surface area (Å²) >= 11 is 0. The summed E-state index contributed by atoms with van der Waals surface area (Å²) in [6, 6.07) is 5.85. The van der Waals surface area contributed by atoms with Crippen LogP contribution in [0.5, 0.6) is 5.88 Å². The van der Waals surface area contributed by atoms with Gasteiger partial charge in [-0.1, -0.05) is 6.07 Å². The third-order valence-electron chi connectivity index (χ3n) is 3.94. The molecular formula is C16H15B3N2O. The number of nitrogen functional groups attached to an aromatic ring is 1. The highest BCUT2D eigenvalue weighted by molar-refractivity contribution is 6.58. The van der Waals surface area contributed by atoms with E-state index in [9.17, 15) is 0 Å². The van der Waals surface area contributed by atoms with Crippen LogP contribution in [0.15, 0.2) is 24.4 Å². The number of rotatable bonds is 3. The van der Waals surface area contributed by atoms with Gasteiger partial charge in [-0.2, -0.15) is 0 Å². The molecule has 6 heteroatoms. The minimum atomic E-state index is -1.76. The number of pyridine rings is 1. The monoisotopic (exact) mass is 284 g/mol. The third-order valence-corrected chi connectivity index (χ3v) is 3.94. The minimum absolute atomic E-state index is 0.268. The summed E-state index contributed by atoms with van der Waals surface area (Å²) in [5.41, 5.74) is 12.9. The minimum Gasteiger partial charge on any atom is -0.501 e. The summed E-state index contributed by atoms with van der Waals surface area (Å²) in [5.74, 6) is 0.268. The summed E-state index contributed by atoms with van der Waals surface area (Å²) in [6.45, 7) is 2.06. The first-order chi connectivity index (χ1) is 10.3. The average molecular weight is 284 g/mol. The zero-order chi connectivity index (χ0) is 15.9. The zero-order valence-electron chi connectivity index (χ0n) is 12.6. The van der Waals surface area contributed by atoms with E-state index >= 15 is 0 Å². The Bertz CT molecular complexity index is 726. The van der Waals surface area contributed by atoms with Crippen molar-refractivity contribution in [2.75, 3.05) is 5.73 Å². The number of aryl methyl sites for hydroxylation is 2. The highest BCUT2D eigenvalue weighted by atomic mass is 16.5. The fourth-order valence-corrected chi connectivity index (χ4v) is 3.12. The van der Waals surface area contributed by atoms with E-state index < -0.39 is 5.30 Å². The van der Waals surface area contributed by atoms with E-state index in [0.717, 1.165) is 41.6 Å². The van der Waals surface area contributed by atoms with Crippen molar-refractivity contribution in [1.82, 2.24) is 4.98 Å². The van der Waals surface area contributed by atoms with Crippen molar-refractivity contribution in [3.8, 4) is 17.0 Å². The molecular weight excluding hydrogens is 269 g/mol. The van der Waals surface area contributed by atoms with E-state index in [4.69, 9.17) is 34.0 Å². The van der Waals surface area contributed by atoms with Crippen LogP contribution < -0.4 is 10.5 Å². The van der Waals surface area contributed by atoms with Gasteiger partial charge in [0.05, 0.1) is 0 Å². The summed E-state index contributed by atoms with van der Waals surface area (Å²) in [5, 5.41) is -1.76. The molecule has 0 aliphatic heterocycles. The lowest BCUT2D eigenvalue weighted by atomic mass is 9.52. The molecule has 0 saturated heterocycles. The van der Waals surface area contributed by atoms with E-state index in [-0.39, 0.29) is 5.88 Å². The number of nitrogens with two attached hydrogens (primary N) is 1. The predicted molar refractivity (Wildman–Crippen MR) is 91.5 cm³/mol. The van der Waals surface area contributed by atoms with Crippen LogP contribution in [0.25, 0.3) is 11.1 Å². The Morgan fingerprint density at radius 3 is 2.73 bits per heavy atom. The molecule has 3 rings (SSSR count). The van der Waals surface area contributed by atoms with E-state index in [1.165, 1.54) is 11.1 Å². The van der Waals surface area contributed by atoms with Gasteiger partial charge in [-0.25, -0.2) is 4.98 Å². The molecule has 22 heavy (non-hydrogen) atoms. The summed E-state index contributed by atoms with van der Waals surface area (Å²) in [4.78, 5) is 4.08. The first-order valence-corrected chi connectivity index (χ1v) is 7.28. The molecule has 1 aliphatic rings. The topological polar surface area (TPSA) is 48.1 Å². The fourth-order valence-electron chi connectivity index (χ4n) is 3.12. The second-order valence-electron chi connectivity index (χ2n) is 5.81. The van der Waals surface area contributed by atoms with Gasteiger partial charge in [0.2, 0.25) is 5.88 Å². The Labute approximate surface area is 134 Å². The van der Waals surface area contributed by atoms with Crippen LogP contribution >= 0.6 is 0 Å². The van der Waals surface area contributed by atoms with Gasteiger partial charge < -0.3 is 10.5 Å². The SMILES string of the molecule is [B]C([B])([B])Oc1cc(-c2c(C)cc3c(c2N)CCC3)ccn1. The lowest BCUT2D eigenvalue weighted by molar-refractivity contribution is 0.306. The van der Waals surface area contributed by atoms with Gasteiger partial charge in [0.25, 0.3) is 0 Å². The van der Waals surface area contributed by atoms with Gasteiger partial charge in [0, 0.05) is 23.5 Å². The maximum absolute atomic E-state index is 6.41. The first-order valence-electron chi connectivity index (χ1n) is 7.28. The molecule has 0 atom stereocenters. The lowest BCUT2D eigenvalue weighted by Crippen LogP contribution is -2.37. The quantitative estimate of drug-likeness (QED) is 0.688. The number of ether oxygens (including phenoxy) is 1. The van der Waals surface area contributed by atoms with Crippen LogP contribution in [0.1, 0.15) is 23.1 Å². The number of hydrogen-bond donors (Lipinski definition) is 1.